The molecule has 4 rings (SSSR count). The Bertz CT molecular complexity index is 1340. The van der Waals surface area contributed by atoms with Crippen LogP contribution in [-0.4, -0.2) is 25.7 Å². The first-order valence-corrected chi connectivity index (χ1v) is 8.86. The first kappa shape index (κ1) is 19.7. The number of carbonyl (C=O) groups is 1. The van der Waals surface area contributed by atoms with Crippen LogP contribution < -0.4 is 5.56 Å². The lowest BCUT2D eigenvalue weighted by Crippen LogP contribution is -2.16. The van der Waals surface area contributed by atoms with E-state index >= 15 is 0 Å². The third-order valence-electron chi connectivity index (χ3n) is 4.46. The normalized spacial score (nSPS) is 11.7. The third-order valence-corrected chi connectivity index (χ3v) is 4.72. The van der Waals surface area contributed by atoms with Crippen LogP contribution in [0, 0.1) is 0 Å². The highest BCUT2D eigenvalue weighted by Crippen LogP contribution is 2.38. The van der Waals surface area contributed by atoms with Crippen LogP contribution in [-0.2, 0) is 6.18 Å². The molecule has 0 bridgehead atoms. The number of aromatic carboxylic acids is 1. The summed E-state index contributed by atoms with van der Waals surface area (Å²) in [4.78, 5) is 26.9. The Morgan fingerprint density at radius 2 is 1.77 bits per heavy atom. The highest BCUT2D eigenvalue weighted by atomic mass is 35.5. The van der Waals surface area contributed by atoms with Crippen molar-refractivity contribution in [3.05, 3.63) is 81.2 Å². The average molecular weight is 434 g/mol. The zero-order chi connectivity index (χ0) is 21.6. The molecule has 0 spiro atoms. The summed E-state index contributed by atoms with van der Waals surface area (Å²) >= 11 is 5.84. The SMILES string of the molecule is O=C(O)c1ccccc1-c1cc(=O)n2nc(C(F)(F)F)c(-c3ccc(Cl)cc3)c2[nH]1. The molecule has 0 unspecified atom stereocenters. The van der Waals surface area contributed by atoms with Crippen LogP contribution >= 0.6 is 11.6 Å². The van der Waals surface area contributed by atoms with Crippen LogP contribution in [0.3, 0.4) is 0 Å². The van der Waals surface area contributed by atoms with Crippen molar-refractivity contribution in [2.45, 2.75) is 6.18 Å². The molecule has 0 aliphatic rings. The van der Waals surface area contributed by atoms with Gasteiger partial charge in [-0.2, -0.15) is 22.8 Å². The summed E-state index contributed by atoms with van der Waals surface area (Å²) in [6.07, 6.45) is -4.83. The number of hydrogen-bond acceptors (Lipinski definition) is 3. The molecule has 0 atom stereocenters. The Morgan fingerprint density at radius 1 is 1.10 bits per heavy atom. The van der Waals surface area contributed by atoms with E-state index in [2.05, 4.69) is 10.1 Å². The predicted octanol–water partition coefficient (Wildman–Crippen LogP) is 4.73. The minimum Gasteiger partial charge on any atom is -0.478 e. The van der Waals surface area contributed by atoms with Crippen LogP contribution in [0.2, 0.25) is 5.02 Å². The van der Waals surface area contributed by atoms with Crippen molar-refractivity contribution < 1.29 is 23.1 Å². The molecule has 0 aliphatic heterocycles. The number of carboxylic acid groups (broad SMARTS) is 1. The number of halogens is 4. The number of nitrogens with zero attached hydrogens (tertiary/aromatic N) is 2. The zero-order valence-corrected chi connectivity index (χ0v) is 15.6. The predicted molar refractivity (Wildman–Crippen MR) is 104 cm³/mol. The molecule has 2 N–H and O–H groups in total. The summed E-state index contributed by atoms with van der Waals surface area (Å²) < 4.78 is 41.7. The number of fused-ring (bicyclic) bond motifs is 1. The summed E-state index contributed by atoms with van der Waals surface area (Å²) in [5, 5.41) is 13.2. The van der Waals surface area contributed by atoms with Gasteiger partial charge in [-0.3, -0.25) is 4.79 Å². The Morgan fingerprint density at radius 3 is 2.40 bits per heavy atom. The van der Waals surface area contributed by atoms with Crippen LogP contribution in [0.5, 0.6) is 0 Å². The van der Waals surface area contributed by atoms with E-state index < -0.39 is 23.4 Å². The number of H-pyrrole nitrogens is 1. The maximum atomic E-state index is 13.7. The van der Waals surface area contributed by atoms with E-state index in [1.165, 1.54) is 42.5 Å². The van der Waals surface area contributed by atoms with Gasteiger partial charge in [0.15, 0.2) is 5.69 Å². The van der Waals surface area contributed by atoms with Crippen molar-refractivity contribution in [1.82, 2.24) is 14.6 Å². The molecule has 2 aromatic heterocycles. The maximum Gasteiger partial charge on any atom is 0.435 e. The van der Waals surface area contributed by atoms with Crippen molar-refractivity contribution in [1.29, 1.82) is 0 Å². The molecule has 0 fully saturated rings. The summed E-state index contributed by atoms with van der Waals surface area (Å²) in [6, 6.07) is 12.4. The number of rotatable bonds is 3. The molecule has 0 radical (unpaired) electrons. The van der Waals surface area contributed by atoms with Gasteiger partial charge in [0.25, 0.3) is 5.56 Å². The van der Waals surface area contributed by atoms with Gasteiger partial charge in [0.1, 0.15) is 5.65 Å². The Hall–Kier alpha value is -3.59. The van der Waals surface area contributed by atoms with Crippen molar-refractivity contribution in [3.8, 4) is 22.4 Å². The van der Waals surface area contributed by atoms with Crippen LogP contribution in [0.4, 0.5) is 13.2 Å². The van der Waals surface area contributed by atoms with Gasteiger partial charge < -0.3 is 10.1 Å². The molecule has 2 aromatic carbocycles. The minimum atomic E-state index is -4.83. The smallest absolute Gasteiger partial charge is 0.435 e. The topological polar surface area (TPSA) is 87.5 Å². The van der Waals surface area contributed by atoms with Crippen molar-refractivity contribution in [3.63, 3.8) is 0 Å². The second kappa shape index (κ2) is 7.03. The second-order valence-corrected chi connectivity index (χ2v) is 6.80. The lowest BCUT2D eigenvalue weighted by atomic mass is 10.0. The van der Waals surface area contributed by atoms with E-state index in [9.17, 15) is 27.9 Å². The minimum absolute atomic E-state index is 0.0503. The number of nitrogens with one attached hydrogen (secondary N) is 1. The van der Waals surface area contributed by atoms with Crippen molar-refractivity contribution in [2.24, 2.45) is 0 Å². The fourth-order valence-corrected chi connectivity index (χ4v) is 3.31. The standard InChI is InChI=1S/C20H11ClF3N3O3/c21-11-7-5-10(6-8-11)16-17(20(22,23)24)26-27-15(28)9-14(25-18(16)27)12-3-1-2-4-13(12)19(29)30/h1-9,25H,(H,29,30). The van der Waals surface area contributed by atoms with Gasteiger partial charge in [0.05, 0.1) is 16.8 Å². The zero-order valence-electron chi connectivity index (χ0n) is 14.9. The number of aromatic nitrogens is 3. The van der Waals surface area contributed by atoms with E-state index in [-0.39, 0.29) is 33.6 Å². The molecule has 0 amide bonds. The van der Waals surface area contributed by atoms with E-state index in [1.807, 2.05) is 0 Å². The quantitative estimate of drug-likeness (QED) is 0.489. The van der Waals surface area contributed by atoms with Gasteiger partial charge in [-0.25, -0.2) is 4.79 Å². The van der Waals surface area contributed by atoms with E-state index in [0.29, 0.717) is 9.54 Å². The first-order valence-electron chi connectivity index (χ1n) is 8.48. The van der Waals surface area contributed by atoms with E-state index in [4.69, 9.17) is 11.6 Å². The fraction of sp³-hybridized carbons (Fsp3) is 0.0500. The van der Waals surface area contributed by atoms with E-state index in [1.54, 1.807) is 6.07 Å². The molecule has 30 heavy (non-hydrogen) atoms. The van der Waals surface area contributed by atoms with Crippen LogP contribution in [0.25, 0.3) is 28.0 Å². The van der Waals surface area contributed by atoms with Gasteiger partial charge in [0, 0.05) is 16.7 Å². The molecule has 0 aliphatic carbocycles. The third kappa shape index (κ3) is 3.33. The Labute approximate surface area is 171 Å². The molecule has 6 nitrogen and oxygen atoms in total. The van der Waals surface area contributed by atoms with Gasteiger partial charge in [-0.1, -0.05) is 41.9 Å². The lowest BCUT2D eigenvalue weighted by molar-refractivity contribution is -0.140. The van der Waals surface area contributed by atoms with Crippen LogP contribution in [0.1, 0.15) is 16.1 Å². The molecule has 4 aromatic rings. The Balaban J connectivity index is 2.08. The monoisotopic (exact) mass is 433 g/mol. The molecular formula is C20H11ClF3N3O3. The van der Waals surface area contributed by atoms with Crippen LogP contribution in [0.15, 0.2) is 59.4 Å². The van der Waals surface area contributed by atoms with Gasteiger partial charge in [-0.15, -0.1) is 0 Å². The number of hydrogen-bond donors (Lipinski definition) is 2. The van der Waals surface area contributed by atoms with Crippen molar-refractivity contribution >= 4 is 23.2 Å². The number of aromatic amines is 1. The molecule has 2 heterocycles. The molecule has 152 valence electrons. The first-order chi connectivity index (χ1) is 14.2. The molecule has 10 heteroatoms. The largest absolute Gasteiger partial charge is 0.478 e. The van der Waals surface area contributed by atoms with Gasteiger partial charge in [-0.05, 0) is 23.8 Å². The van der Waals surface area contributed by atoms with Gasteiger partial charge in [0.2, 0.25) is 0 Å². The average Bonchev–Trinajstić information content (AvgIpc) is 3.09. The lowest BCUT2D eigenvalue weighted by Gasteiger charge is -2.09. The number of carboxylic acids is 1. The summed E-state index contributed by atoms with van der Waals surface area (Å²) in [6.45, 7) is 0. The molecule has 0 saturated carbocycles. The summed E-state index contributed by atoms with van der Waals surface area (Å²) in [5.74, 6) is -1.24. The fourth-order valence-electron chi connectivity index (χ4n) is 3.18. The highest BCUT2D eigenvalue weighted by molar-refractivity contribution is 6.30. The summed E-state index contributed by atoms with van der Waals surface area (Å²) in [5.41, 5.74) is -2.41. The Kier molecular flexibility index (Phi) is 4.62. The maximum absolute atomic E-state index is 13.7. The summed E-state index contributed by atoms with van der Waals surface area (Å²) in [7, 11) is 0. The van der Waals surface area contributed by atoms with E-state index in [0.717, 1.165) is 6.07 Å². The van der Waals surface area contributed by atoms with Gasteiger partial charge >= 0.3 is 12.1 Å². The van der Waals surface area contributed by atoms with Crippen molar-refractivity contribution in [2.75, 3.05) is 0 Å². The highest BCUT2D eigenvalue weighted by Gasteiger charge is 2.39. The second-order valence-electron chi connectivity index (χ2n) is 6.36. The molecular weight excluding hydrogens is 423 g/mol. The molecule has 0 saturated heterocycles. The number of alkyl halides is 3. The number of benzene rings is 2.